The molecule has 0 fully saturated rings. The van der Waals surface area contributed by atoms with Gasteiger partial charge in [0.1, 0.15) is 5.82 Å². The molecule has 1 heterocycles. The predicted octanol–water partition coefficient (Wildman–Crippen LogP) is 3.22. The fraction of sp³-hybridized carbons (Fsp3) is 0.267. The van der Waals surface area contributed by atoms with Crippen LogP contribution in [-0.2, 0) is 6.42 Å². The minimum atomic E-state index is -0.356. The van der Waals surface area contributed by atoms with E-state index in [0.29, 0.717) is 5.56 Å². The van der Waals surface area contributed by atoms with Gasteiger partial charge in [0.25, 0.3) is 0 Å². The molecule has 0 aliphatic heterocycles. The van der Waals surface area contributed by atoms with Crippen molar-refractivity contribution in [3.8, 4) is 0 Å². The van der Waals surface area contributed by atoms with E-state index in [4.69, 9.17) is 5.73 Å². The Kier molecular flexibility index (Phi) is 4.05. The molecule has 2 aromatic rings. The molecule has 18 heavy (non-hydrogen) atoms. The summed E-state index contributed by atoms with van der Waals surface area (Å²) in [5, 5.41) is 0. The van der Waals surface area contributed by atoms with Crippen LogP contribution in [0.15, 0.2) is 42.7 Å². The van der Waals surface area contributed by atoms with E-state index in [0.717, 1.165) is 18.4 Å². The van der Waals surface area contributed by atoms with Gasteiger partial charge in [-0.3, -0.25) is 4.98 Å². The summed E-state index contributed by atoms with van der Waals surface area (Å²) in [6.07, 6.45) is 4.98. The van der Waals surface area contributed by atoms with E-state index in [-0.39, 0.29) is 11.9 Å². The van der Waals surface area contributed by atoms with Crippen molar-refractivity contribution >= 4 is 0 Å². The number of hydrogen-bond donors (Lipinski definition) is 1. The van der Waals surface area contributed by atoms with Crippen LogP contribution >= 0.6 is 0 Å². The first-order valence-electron chi connectivity index (χ1n) is 6.15. The van der Waals surface area contributed by atoms with E-state index in [2.05, 4.69) is 24.0 Å². The molecule has 0 aliphatic rings. The maximum absolute atomic E-state index is 13.1. The second-order valence-corrected chi connectivity index (χ2v) is 4.41. The van der Waals surface area contributed by atoms with Crippen molar-refractivity contribution in [1.29, 1.82) is 0 Å². The molecule has 0 bridgehead atoms. The largest absolute Gasteiger partial charge is 0.320 e. The average Bonchev–Trinajstić information content (AvgIpc) is 2.39. The van der Waals surface area contributed by atoms with Gasteiger partial charge in [-0.15, -0.1) is 0 Å². The molecule has 94 valence electrons. The Hall–Kier alpha value is -1.74. The molecule has 0 saturated heterocycles. The van der Waals surface area contributed by atoms with Gasteiger partial charge in [0.05, 0.1) is 12.2 Å². The highest BCUT2D eigenvalue weighted by Crippen LogP contribution is 2.20. The Bertz CT molecular complexity index is 508. The van der Waals surface area contributed by atoms with Crippen molar-refractivity contribution in [3.05, 3.63) is 65.2 Å². The fourth-order valence-electron chi connectivity index (χ4n) is 1.97. The first kappa shape index (κ1) is 12.7. The summed E-state index contributed by atoms with van der Waals surface area (Å²) < 4.78 is 13.1. The van der Waals surface area contributed by atoms with E-state index in [9.17, 15) is 4.39 Å². The van der Waals surface area contributed by atoms with Gasteiger partial charge in [-0.25, -0.2) is 4.39 Å². The average molecular weight is 244 g/mol. The molecular weight excluding hydrogens is 227 g/mol. The van der Waals surface area contributed by atoms with Gasteiger partial charge in [-0.2, -0.15) is 0 Å². The molecule has 0 radical (unpaired) electrons. The molecule has 1 aromatic heterocycles. The van der Waals surface area contributed by atoms with Gasteiger partial charge < -0.3 is 5.73 Å². The molecular formula is C15H17FN2. The van der Waals surface area contributed by atoms with E-state index in [1.165, 1.54) is 17.8 Å². The number of hydrogen-bond acceptors (Lipinski definition) is 2. The van der Waals surface area contributed by atoms with Gasteiger partial charge in [0.15, 0.2) is 0 Å². The van der Waals surface area contributed by atoms with Crippen molar-refractivity contribution < 1.29 is 4.39 Å². The van der Waals surface area contributed by atoms with Crippen molar-refractivity contribution in [2.45, 2.75) is 25.8 Å². The zero-order valence-electron chi connectivity index (χ0n) is 10.4. The molecule has 2 rings (SSSR count). The molecule has 1 aromatic carbocycles. The number of halogens is 1. The van der Waals surface area contributed by atoms with E-state index >= 15 is 0 Å². The fourth-order valence-corrected chi connectivity index (χ4v) is 1.97. The number of aromatic nitrogens is 1. The minimum Gasteiger partial charge on any atom is -0.320 e. The lowest BCUT2D eigenvalue weighted by Crippen LogP contribution is -2.12. The lowest BCUT2D eigenvalue weighted by molar-refractivity contribution is 0.616. The summed E-state index contributed by atoms with van der Waals surface area (Å²) in [6.45, 7) is 2.15. The zero-order valence-corrected chi connectivity index (χ0v) is 10.4. The Morgan fingerprint density at radius 3 is 2.50 bits per heavy atom. The summed E-state index contributed by atoms with van der Waals surface area (Å²) in [5.74, 6) is -0.356. The summed E-state index contributed by atoms with van der Waals surface area (Å²) in [5.41, 5.74) is 9.07. The highest BCUT2D eigenvalue weighted by Gasteiger charge is 2.09. The summed E-state index contributed by atoms with van der Waals surface area (Å²) >= 11 is 0. The molecule has 1 unspecified atom stereocenters. The maximum atomic E-state index is 13.1. The lowest BCUT2D eigenvalue weighted by atomic mass is 9.99. The molecule has 1 atom stereocenters. The van der Waals surface area contributed by atoms with Crippen molar-refractivity contribution in [2.24, 2.45) is 5.73 Å². The monoisotopic (exact) mass is 244 g/mol. The van der Waals surface area contributed by atoms with Gasteiger partial charge >= 0.3 is 0 Å². The van der Waals surface area contributed by atoms with Crippen LogP contribution in [0.2, 0.25) is 0 Å². The molecule has 0 spiro atoms. The van der Waals surface area contributed by atoms with Crippen LogP contribution in [0.4, 0.5) is 4.39 Å². The Labute approximate surface area is 107 Å². The molecule has 3 heteroatoms. The van der Waals surface area contributed by atoms with Crippen LogP contribution in [0.1, 0.15) is 36.1 Å². The Morgan fingerprint density at radius 1 is 1.17 bits per heavy atom. The summed E-state index contributed by atoms with van der Waals surface area (Å²) in [4.78, 5) is 3.82. The minimum absolute atomic E-state index is 0.330. The van der Waals surface area contributed by atoms with E-state index in [1.807, 2.05) is 12.1 Å². The van der Waals surface area contributed by atoms with E-state index < -0.39 is 0 Å². The predicted molar refractivity (Wildman–Crippen MR) is 70.7 cm³/mol. The number of nitrogens with zero attached hydrogens (tertiary/aromatic N) is 1. The summed E-state index contributed by atoms with van der Waals surface area (Å²) in [6, 6.07) is 9.25. The number of nitrogens with two attached hydrogens (primary N) is 1. The first-order valence-corrected chi connectivity index (χ1v) is 6.15. The van der Waals surface area contributed by atoms with Crippen LogP contribution < -0.4 is 5.73 Å². The maximum Gasteiger partial charge on any atom is 0.141 e. The second-order valence-electron chi connectivity index (χ2n) is 4.41. The standard InChI is InChI=1S/C15H17FN2/c1-2-3-11-4-6-12(7-5-11)15(17)13-8-14(16)10-18-9-13/h4-10,15H,2-3,17H2,1H3. The quantitative estimate of drug-likeness (QED) is 0.896. The Morgan fingerprint density at radius 2 is 1.89 bits per heavy atom. The van der Waals surface area contributed by atoms with Crippen LogP contribution in [0, 0.1) is 5.82 Å². The van der Waals surface area contributed by atoms with Crippen LogP contribution in [0.3, 0.4) is 0 Å². The van der Waals surface area contributed by atoms with Crippen molar-refractivity contribution in [2.75, 3.05) is 0 Å². The number of benzene rings is 1. The normalized spacial score (nSPS) is 12.4. The topological polar surface area (TPSA) is 38.9 Å². The van der Waals surface area contributed by atoms with Crippen molar-refractivity contribution in [3.63, 3.8) is 0 Å². The third kappa shape index (κ3) is 2.93. The lowest BCUT2D eigenvalue weighted by Gasteiger charge is -2.12. The third-order valence-electron chi connectivity index (χ3n) is 2.96. The number of aryl methyl sites for hydroxylation is 1. The van der Waals surface area contributed by atoms with Crippen LogP contribution in [0.25, 0.3) is 0 Å². The first-order chi connectivity index (χ1) is 8.70. The van der Waals surface area contributed by atoms with Gasteiger partial charge in [0, 0.05) is 6.20 Å². The zero-order chi connectivity index (χ0) is 13.0. The third-order valence-corrected chi connectivity index (χ3v) is 2.96. The molecule has 2 nitrogen and oxygen atoms in total. The van der Waals surface area contributed by atoms with E-state index in [1.54, 1.807) is 6.20 Å². The molecule has 2 N–H and O–H groups in total. The number of pyridine rings is 1. The second kappa shape index (κ2) is 5.74. The van der Waals surface area contributed by atoms with Gasteiger partial charge in [-0.1, -0.05) is 37.6 Å². The van der Waals surface area contributed by atoms with Gasteiger partial charge in [-0.05, 0) is 29.2 Å². The Balaban J connectivity index is 2.20. The summed E-state index contributed by atoms with van der Waals surface area (Å²) in [7, 11) is 0. The molecule has 0 saturated carbocycles. The van der Waals surface area contributed by atoms with Crippen molar-refractivity contribution in [1.82, 2.24) is 4.98 Å². The molecule has 0 amide bonds. The van der Waals surface area contributed by atoms with Crippen LogP contribution in [-0.4, -0.2) is 4.98 Å². The highest BCUT2D eigenvalue weighted by molar-refractivity contribution is 5.32. The number of rotatable bonds is 4. The van der Waals surface area contributed by atoms with Crippen LogP contribution in [0.5, 0.6) is 0 Å². The molecule has 0 aliphatic carbocycles. The highest BCUT2D eigenvalue weighted by atomic mass is 19.1. The smallest absolute Gasteiger partial charge is 0.141 e. The van der Waals surface area contributed by atoms with Gasteiger partial charge in [0.2, 0.25) is 0 Å². The SMILES string of the molecule is CCCc1ccc(C(N)c2cncc(F)c2)cc1.